The number of H-pyrrole nitrogens is 1. The lowest BCUT2D eigenvalue weighted by molar-refractivity contribution is -0.385. The summed E-state index contributed by atoms with van der Waals surface area (Å²) in [5, 5.41) is 18.5. The summed E-state index contributed by atoms with van der Waals surface area (Å²) >= 11 is 5.27. The molecule has 2 aliphatic rings. The second-order valence-corrected chi connectivity index (χ2v) is 7.39. The van der Waals surface area contributed by atoms with E-state index in [1.807, 2.05) is 17.7 Å². The van der Waals surface area contributed by atoms with Crippen LogP contribution in [0.5, 0.6) is 0 Å². The Kier molecular flexibility index (Phi) is 3.00. The first-order chi connectivity index (χ1) is 11.0. The van der Waals surface area contributed by atoms with E-state index in [9.17, 15) is 10.1 Å². The van der Waals surface area contributed by atoms with E-state index >= 15 is 0 Å². The molecule has 4 rings (SSSR count). The van der Waals surface area contributed by atoms with Crippen LogP contribution >= 0.6 is 12.2 Å². The smallest absolute Gasteiger partial charge is 0.269 e. The molecule has 1 aromatic heterocycles. The summed E-state index contributed by atoms with van der Waals surface area (Å²) < 4.78 is 2.49. The molecule has 0 amide bonds. The van der Waals surface area contributed by atoms with Gasteiger partial charge in [0.1, 0.15) is 5.82 Å². The molecule has 2 aliphatic carbocycles. The molecule has 2 fully saturated rings. The van der Waals surface area contributed by atoms with Crippen LogP contribution in [0.3, 0.4) is 0 Å². The van der Waals surface area contributed by atoms with Crippen LogP contribution in [0, 0.1) is 20.3 Å². The number of hydrogen-bond acceptors (Lipinski definition) is 4. The van der Waals surface area contributed by atoms with Crippen molar-refractivity contribution in [3.8, 4) is 0 Å². The molecule has 0 atom stereocenters. The minimum Gasteiger partial charge on any atom is -0.307 e. The number of rotatable bonds is 3. The molecule has 1 heterocycles. The molecule has 6 nitrogen and oxygen atoms in total. The van der Waals surface area contributed by atoms with Crippen molar-refractivity contribution in [1.29, 1.82) is 0 Å². The fraction of sp³-hybridized carbons (Fsp3) is 0.500. The van der Waals surface area contributed by atoms with E-state index in [-0.39, 0.29) is 16.0 Å². The van der Waals surface area contributed by atoms with E-state index < -0.39 is 0 Å². The fourth-order valence-electron chi connectivity index (χ4n) is 4.44. The Morgan fingerprint density at radius 2 is 2.13 bits per heavy atom. The first kappa shape index (κ1) is 14.6. The lowest BCUT2D eigenvalue weighted by atomic mass is 9.43. The highest BCUT2D eigenvalue weighted by Crippen LogP contribution is 2.66. The maximum Gasteiger partial charge on any atom is 0.269 e. The zero-order chi connectivity index (χ0) is 16.2. The van der Waals surface area contributed by atoms with Crippen molar-refractivity contribution >= 4 is 17.9 Å². The topological polar surface area (TPSA) is 76.8 Å². The number of nitro benzene ring substituents is 1. The highest BCUT2D eigenvalue weighted by molar-refractivity contribution is 7.71. The monoisotopic (exact) mass is 330 g/mol. The quantitative estimate of drug-likeness (QED) is 0.529. The van der Waals surface area contributed by atoms with Crippen LogP contribution in [0.4, 0.5) is 5.69 Å². The molecule has 7 heteroatoms. The van der Waals surface area contributed by atoms with Gasteiger partial charge >= 0.3 is 0 Å². The van der Waals surface area contributed by atoms with E-state index in [4.69, 9.17) is 12.2 Å². The third-order valence-corrected chi connectivity index (χ3v) is 6.05. The maximum absolute atomic E-state index is 11.2. The number of benzene rings is 1. The largest absolute Gasteiger partial charge is 0.307 e. The number of nitro groups is 1. The predicted molar refractivity (Wildman–Crippen MR) is 87.8 cm³/mol. The van der Waals surface area contributed by atoms with Crippen molar-refractivity contribution in [2.45, 2.75) is 37.5 Å². The van der Waals surface area contributed by atoms with Gasteiger partial charge in [-0.25, -0.2) is 0 Å². The van der Waals surface area contributed by atoms with Crippen LogP contribution in [0.25, 0.3) is 0 Å². The Morgan fingerprint density at radius 1 is 1.39 bits per heavy atom. The molecule has 0 bridgehead atoms. The number of hydrogen-bond donors (Lipinski definition) is 1. The number of nitrogens with one attached hydrogen (secondary N) is 1. The number of aromatic amines is 1. The van der Waals surface area contributed by atoms with Gasteiger partial charge in [-0.1, -0.05) is 18.6 Å². The number of nitrogens with zero attached hydrogens (tertiary/aromatic N) is 3. The van der Waals surface area contributed by atoms with Gasteiger partial charge in [0.25, 0.3) is 5.69 Å². The third-order valence-electron chi connectivity index (χ3n) is 5.69. The van der Waals surface area contributed by atoms with Gasteiger partial charge in [0.15, 0.2) is 4.77 Å². The van der Waals surface area contributed by atoms with Crippen LogP contribution in [0.15, 0.2) is 24.3 Å². The second kappa shape index (κ2) is 4.74. The van der Waals surface area contributed by atoms with Crippen molar-refractivity contribution in [1.82, 2.24) is 14.8 Å². The summed E-state index contributed by atoms with van der Waals surface area (Å²) in [6.45, 7) is 0. The Morgan fingerprint density at radius 3 is 2.65 bits per heavy atom. The lowest BCUT2D eigenvalue weighted by Gasteiger charge is -2.60. The molecule has 1 aromatic carbocycles. The molecular formula is C16H18N4O2S. The van der Waals surface area contributed by atoms with Crippen LogP contribution in [-0.2, 0) is 12.5 Å². The predicted octanol–water partition coefficient (Wildman–Crippen LogP) is 3.64. The van der Waals surface area contributed by atoms with Crippen LogP contribution in [0.1, 0.15) is 43.5 Å². The molecular weight excluding hydrogens is 312 g/mol. The fourth-order valence-corrected chi connectivity index (χ4v) is 4.57. The highest BCUT2D eigenvalue weighted by Gasteiger charge is 2.60. The zero-order valence-corrected chi connectivity index (χ0v) is 13.7. The molecule has 2 saturated carbocycles. The van der Waals surface area contributed by atoms with Gasteiger partial charge in [-0.3, -0.25) is 15.2 Å². The van der Waals surface area contributed by atoms with E-state index in [1.54, 1.807) is 12.1 Å². The zero-order valence-electron chi connectivity index (χ0n) is 12.9. The standard InChI is InChI=1S/C16H18N4O2S/c1-19-13(17-18-14(19)23)16(9-15(10-16)6-3-7-15)11-4-2-5-12(8-11)20(21)22/h2,4-5,8H,3,6-7,9-10H2,1H3,(H,18,23). The Hall–Kier alpha value is -2.02. The summed E-state index contributed by atoms with van der Waals surface area (Å²) in [5.74, 6) is 0.889. The number of aromatic nitrogens is 3. The van der Waals surface area contributed by atoms with Crippen molar-refractivity contribution in [3.63, 3.8) is 0 Å². The van der Waals surface area contributed by atoms with Gasteiger partial charge < -0.3 is 4.57 Å². The molecule has 0 saturated heterocycles. The van der Waals surface area contributed by atoms with Crippen LogP contribution < -0.4 is 0 Å². The second-order valence-electron chi connectivity index (χ2n) is 7.01. The lowest BCUT2D eigenvalue weighted by Crippen LogP contribution is -2.54. The van der Waals surface area contributed by atoms with Gasteiger partial charge in [-0.2, -0.15) is 5.10 Å². The molecule has 23 heavy (non-hydrogen) atoms. The molecule has 1 N–H and O–H groups in total. The van der Waals surface area contributed by atoms with Crippen molar-refractivity contribution < 1.29 is 4.92 Å². The minimum atomic E-state index is -0.335. The van der Waals surface area contributed by atoms with Gasteiger partial charge in [0.05, 0.1) is 10.3 Å². The Bertz CT molecular complexity index is 842. The molecule has 0 aliphatic heterocycles. The van der Waals surface area contributed by atoms with Crippen molar-refractivity contribution in [3.05, 3.63) is 50.5 Å². The SMILES string of the molecule is Cn1c(C2(c3cccc([N+](=O)[O-])c3)CC3(CCC3)C2)n[nH]c1=S. The summed E-state index contributed by atoms with van der Waals surface area (Å²) in [6.07, 6.45) is 5.77. The summed E-state index contributed by atoms with van der Waals surface area (Å²) in [7, 11) is 1.91. The van der Waals surface area contributed by atoms with E-state index in [1.165, 1.54) is 25.3 Å². The normalized spacial score (nSPS) is 20.7. The average Bonchev–Trinajstić information content (AvgIpc) is 2.78. The van der Waals surface area contributed by atoms with E-state index in [0.717, 1.165) is 24.2 Å². The van der Waals surface area contributed by atoms with Crippen LogP contribution in [-0.4, -0.2) is 19.7 Å². The molecule has 0 unspecified atom stereocenters. The van der Waals surface area contributed by atoms with Crippen molar-refractivity contribution in [2.24, 2.45) is 12.5 Å². The molecule has 2 aromatic rings. The molecule has 0 radical (unpaired) electrons. The first-order valence-corrected chi connectivity index (χ1v) is 8.24. The van der Waals surface area contributed by atoms with Gasteiger partial charge in [0, 0.05) is 19.2 Å². The van der Waals surface area contributed by atoms with Crippen LogP contribution in [0.2, 0.25) is 0 Å². The Labute approximate surface area is 138 Å². The molecule has 1 spiro atoms. The summed E-state index contributed by atoms with van der Waals surface area (Å²) in [4.78, 5) is 10.8. The van der Waals surface area contributed by atoms with Crippen molar-refractivity contribution in [2.75, 3.05) is 0 Å². The maximum atomic E-state index is 11.2. The van der Waals surface area contributed by atoms with Gasteiger partial charge in [-0.05, 0) is 48.9 Å². The Balaban J connectivity index is 1.84. The average molecular weight is 330 g/mol. The third kappa shape index (κ3) is 1.99. The van der Waals surface area contributed by atoms with E-state index in [2.05, 4.69) is 10.2 Å². The highest BCUT2D eigenvalue weighted by atomic mass is 32.1. The number of non-ortho nitro benzene ring substituents is 1. The summed E-state index contributed by atoms with van der Waals surface area (Å²) in [5.41, 5.74) is 1.24. The van der Waals surface area contributed by atoms with Gasteiger partial charge in [-0.15, -0.1) is 0 Å². The molecule has 120 valence electrons. The van der Waals surface area contributed by atoms with Gasteiger partial charge in [0.2, 0.25) is 0 Å². The van der Waals surface area contributed by atoms with E-state index in [0.29, 0.717) is 10.2 Å². The minimum absolute atomic E-state index is 0.133. The summed E-state index contributed by atoms with van der Waals surface area (Å²) in [6, 6.07) is 6.99. The first-order valence-electron chi connectivity index (χ1n) is 7.83.